The lowest BCUT2D eigenvalue weighted by Gasteiger charge is -2.15. The van der Waals surface area contributed by atoms with E-state index >= 15 is 0 Å². The van der Waals surface area contributed by atoms with Crippen LogP contribution in [0.3, 0.4) is 0 Å². The van der Waals surface area contributed by atoms with Crippen molar-refractivity contribution in [3.8, 4) is 0 Å². The summed E-state index contributed by atoms with van der Waals surface area (Å²) in [6.45, 7) is 1.58. The molecule has 1 aromatic carbocycles. The molecule has 1 saturated heterocycles. The fourth-order valence-corrected chi connectivity index (χ4v) is 3.14. The molecule has 1 aliphatic heterocycles. The van der Waals surface area contributed by atoms with Gasteiger partial charge in [-0.05, 0) is 18.4 Å². The first kappa shape index (κ1) is 15.1. The second-order valence-electron chi connectivity index (χ2n) is 6.13. The first-order valence-electron chi connectivity index (χ1n) is 8.32. The molecule has 3 aromatic rings. The van der Waals surface area contributed by atoms with E-state index in [1.165, 1.54) is 5.56 Å². The molecule has 0 radical (unpaired) electrons. The molecule has 1 fully saturated rings. The summed E-state index contributed by atoms with van der Waals surface area (Å²) in [6.07, 6.45) is 8.13. The molecule has 2 aromatic heterocycles. The van der Waals surface area contributed by atoms with Crippen molar-refractivity contribution >= 4 is 0 Å². The van der Waals surface area contributed by atoms with Crippen molar-refractivity contribution in [2.24, 2.45) is 5.92 Å². The largest absolute Gasteiger partial charge is 0.368 e. The number of aromatic nitrogens is 4. The molecule has 0 N–H and O–H groups in total. The van der Waals surface area contributed by atoms with Crippen molar-refractivity contribution in [2.45, 2.75) is 31.9 Å². The zero-order valence-corrected chi connectivity index (χ0v) is 13.4. The van der Waals surface area contributed by atoms with Gasteiger partial charge in [-0.3, -0.25) is 0 Å². The number of hydrogen-bond donors (Lipinski definition) is 0. The minimum atomic E-state index is -0.120. The second kappa shape index (κ2) is 6.97. The molecule has 2 atom stereocenters. The smallest absolute Gasteiger partial charge is 0.256 e. The quantitative estimate of drug-likeness (QED) is 0.697. The van der Waals surface area contributed by atoms with Crippen LogP contribution in [0.25, 0.3) is 0 Å². The van der Waals surface area contributed by atoms with Gasteiger partial charge in [0.1, 0.15) is 6.10 Å². The van der Waals surface area contributed by atoms with Gasteiger partial charge in [-0.2, -0.15) is 4.98 Å². The number of benzene rings is 1. The third kappa shape index (κ3) is 3.38. The summed E-state index contributed by atoms with van der Waals surface area (Å²) in [5, 5.41) is 4.12. The van der Waals surface area contributed by atoms with Crippen LogP contribution in [0.2, 0.25) is 0 Å². The number of nitrogens with zero attached hydrogens (tertiary/aromatic N) is 4. The highest BCUT2D eigenvalue weighted by Gasteiger charge is 2.34. The second-order valence-corrected chi connectivity index (χ2v) is 6.13. The summed E-state index contributed by atoms with van der Waals surface area (Å²) in [6, 6.07) is 10.3. The maximum absolute atomic E-state index is 5.85. The van der Waals surface area contributed by atoms with Crippen molar-refractivity contribution in [1.29, 1.82) is 0 Å². The molecule has 6 heteroatoms. The van der Waals surface area contributed by atoms with Crippen LogP contribution in [0.1, 0.15) is 29.8 Å². The summed E-state index contributed by atoms with van der Waals surface area (Å²) in [7, 11) is 0. The Morgan fingerprint density at radius 2 is 2.08 bits per heavy atom. The highest BCUT2D eigenvalue weighted by atomic mass is 16.5. The summed E-state index contributed by atoms with van der Waals surface area (Å²) >= 11 is 0. The summed E-state index contributed by atoms with van der Waals surface area (Å²) in [5.74, 6) is 1.67. The van der Waals surface area contributed by atoms with E-state index in [0.29, 0.717) is 11.8 Å². The zero-order valence-electron chi connectivity index (χ0n) is 13.4. The van der Waals surface area contributed by atoms with Crippen LogP contribution in [0, 0.1) is 5.92 Å². The Hall–Kier alpha value is -2.47. The molecule has 24 heavy (non-hydrogen) atoms. The molecule has 0 amide bonds. The topological polar surface area (TPSA) is 66.0 Å². The molecule has 1 aliphatic rings. The number of ether oxygens (including phenoxy) is 1. The third-order valence-corrected chi connectivity index (χ3v) is 4.43. The molecule has 0 saturated carbocycles. The lowest BCUT2D eigenvalue weighted by Crippen LogP contribution is -2.14. The predicted molar refractivity (Wildman–Crippen MR) is 87.2 cm³/mol. The van der Waals surface area contributed by atoms with Gasteiger partial charge in [0.25, 0.3) is 5.89 Å². The highest BCUT2D eigenvalue weighted by Crippen LogP contribution is 2.34. The Morgan fingerprint density at radius 1 is 1.17 bits per heavy atom. The SMILES string of the molecule is c1ccc(CCc2noc([C@H]3OCC[C@H]3Cn3ccnc3)n2)cc1. The molecule has 0 unspecified atom stereocenters. The Bertz CT molecular complexity index is 754. The van der Waals surface area contributed by atoms with Gasteiger partial charge in [0.2, 0.25) is 0 Å². The van der Waals surface area contributed by atoms with Gasteiger partial charge < -0.3 is 13.8 Å². The minimum Gasteiger partial charge on any atom is -0.368 e. The molecule has 4 rings (SSSR count). The molecule has 6 nitrogen and oxygen atoms in total. The fraction of sp³-hybridized carbons (Fsp3) is 0.389. The number of aryl methyl sites for hydroxylation is 2. The van der Waals surface area contributed by atoms with E-state index in [-0.39, 0.29) is 6.10 Å². The van der Waals surface area contributed by atoms with Crippen LogP contribution in [-0.2, 0) is 24.1 Å². The summed E-state index contributed by atoms with van der Waals surface area (Å²) in [4.78, 5) is 8.65. The Kier molecular flexibility index (Phi) is 4.38. The van der Waals surface area contributed by atoms with E-state index in [4.69, 9.17) is 9.26 Å². The minimum absolute atomic E-state index is 0.120. The van der Waals surface area contributed by atoms with E-state index in [0.717, 1.165) is 38.2 Å². The molecule has 0 aliphatic carbocycles. The lowest BCUT2D eigenvalue weighted by molar-refractivity contribution is 0.0586. The highest BCUT2D eigenvalue weighted by molar-refractivity contribution is 5.15. The first-order valence-corrected chi connectivity index (χ1v) is 8.32. The molecular weight excluding hydrogens is 304 g/mol. The first-order chi connectivity index (χ1) is 11.9. The van der Waals surface area contributed by atoms with Crippen LogP contribution < -0.4 is 0 Å². The molecule has 0 spiro atoms. The van der Waals surface area contributed by atoms with Crippen molar-refractivity contribution in [3.63, 3.8) is 0 Å². The molecule has 3 heterocycles. The summed E-state index contributed by atoms with van der Waals surface area (Å²) < 4.78 is 13.4. The third-order valence-electron chi connectivity index (χ3n) is 4.43. The van der Waals surface area contributed by atoms with Gasteiger partial charge in [-0.25, -0.2) is 4.98 Å². The Labute approximate surface area is 140 Å². The number of imidazole rings is 1. The lowest BCUT2D eigenvalue weighted by atomic mass is 10.0. The number of rotatable bonds is 6. The monoisotopic (exact) mass is 324 g/mol. The Balaban J connectivity index is 1.40. The van der Waals surface area contributed by atoms with Crippen LogP contribution in [0.5, 0.6) is 0 Å². The van der Waals surface area contributed by atoms with Crippen LogP contribution >= 0.6 is 0 Å². The molecular formula is C18H20N4O2. The van der Waals surface area contributed by atoms with Gasteiger partial charge >= 0.3 is 0 Å². The van der Waals surface area contributed by atoms with Crippen LogP contribution in [0.4, 0.5) is 0 Å². The van der Waals surface area contributed by atoms with Crippen LogP contribution in [-0.4, -0.2) is 26.3 Å². The maximum Gasteiger partial charge on any atom is 0.256 e. The van der Waals surface area contributed by atoms with Gasteiger partial charge in [-0.15, -0.1) is 0 Å². The van der Waals surface area contributed by atoms with E-state index < -0.39 is 0 Å². The van der Waals surface area contributed by atoms with Gasteiger partial charge in [0.05, 0.1) is 6.33 Å². The standard InChI is InChI=1S/C18H20N4O2/c1-2-4-14(5-3-1)6-7-16-20-18(24-21-16)17-15(8-11-23-17)12-22-10-9-19-13-22/h1-5,9-10,13,15,17H,6-8,11-12H2/t15-,17-/m0/s1. The summed E-state index contributed by atoms with van der Waals surface area (Å²) in [5.41, 5.74) is 1.28. The van der Waals surface area contributed by atoms with Crippen molar-refractivity contribution in [2.75, 3.05) is 6.61 Å². The maximum atomic E-state index is 5.85. The average Bonchev–Trinajstić information content (AvgIpc) is 3.36. The molecule has 0 bridgehead atoms. The Morgan fingerprint density at radius 3 is 2.92 bits per heavy atom. The normalized spacial score (nSPS) is 20.5. The van der Waals surface area contributed by atoms with E-state index in [9.17, 15) is 0 Å². The van der Waals surface area contributed by atoms with E-state index in [1.807, 2.05) is 30.7 Å². The zero-order chi connectivity index (χ0) is 16.2. The number of hydrogen-bond acceptors (Lipinski definition) is 5. The van der Waals surface area contributed by atoms with E-state index in [1.54, 1.807) is 6.20 Å². The predicted octanol–water partition coefficient (Wildman–Crippen LogP) is 2.83. The van der Waals surface area contributed by atoms with Crippen molar-refractivity contribution < 1.29 is 9.26 Å². The van der Waals surface area contributed by atoms with Gasteiger partial charge in [0, 0.05) is 37.9 Å². The van der Waals surface area contributed by atoms with Crippen molar-refractivity contribution in [3.05, 3.63) is 66.3 Å². The van der Waals surface area contributed by atoms with Gasteiger partial charge in [0.15, 0.2) is 5.82 Å². The average molecular weight is 324 g/mol. The van der Waals surface area contributed by atoms with Crippen molar-refractivity contribution in [1.82, 2.24) is 19.7 Å². The molecule has 124 valence electrons. The van der Waals surface area contributed by atoms with Gasteiger partial charge in [-0.1, -0.05) is 35.5 Å². The van der Waals surface area contributed by atoms with E-state index in [2.05, 4.69) is 31.8 Å². The fourth-order valence-electron chi connectivity index (χ4n) is 3.14. The van der Waals surface area contributed by atoms with Crippen LogP contribution in [0.15, 0.2) is 53.6 Å².